The Labute approximate surface area is 131 Å². The molecule has 1 heteroatoms. The van der Waals surface area contributed by atoms with E-state index in [9.17, 15) is 0 Å². The highest BCUT2D eigenvalue weighted by Gasteiger charge is 2.21. The number of benzene rings is 2. The van der Waals surface area contributed by atoms with Gasteiger partial charge in [0.2, 0.25) is 0 Å². The van der Waals surface area contributed by atoms with Crippen molar-refractivity contribution in [3.05, 3.63) is 71.3 Å². The second-order valence-electron chi connectivity index (χ2n) is 6.07. The molecule has 2 aromatic rings. The lowest BCUT2D eigenvalue weighted by Gasteiger charge is -2.25. The van der Waals surface area contributed by atoms with Crippen LogP contribution in [0.15, 0.2) is 54.6 Å². The summed E-state index contributed by atoms with van der Waals surface area (Å²) < 4.78 is 0. The van der Waals surface area contributed by atoms with E-state index in [4.69, 9.17) is 5.11 Å². The SMILES string of the molecule is OCCC/C=C/C1=CCC2=CCc3cccc4ccc1c2c34. The minimum atomic E-state index is 0.265. The third-order valence-electron chi connectivity index (χ3n) is 4.70. The topological polar surface area (TPSA) is 20.2 Å². The Bertz CT molecular complexity index is 821. The second-order valence-corrected chi connectivity index (χ2v) is 6.07. The Kier molecular flexibility index (Phi) is 3.44. The van der Waals surface area contributed by atoms with E-state index < -0.39 is 0 Å². The van der Waals surface area contributed by atoms with Crippen LogP contribution in [0.4, 0.5) is 0 Å². The van der Waals surface area contributed by atoms with E-state index in [1.54, 1.807) is 0 Å². The van der Waals surface area contributed by atoms with E-state index in [0.29, 0.717) is 0 Å². The van der Waals surface area contributed by atoms with Crippen LogP contribution in [-0.4, -0.2) is 11.7 Å². The molecule has 0 heterocycles. The van der Waals surface area contributed by atoms with Crippen LogP contribution in [0.1, 0.15) is 36.0 Å². The first kappa shape index (κ1) is 13.5. The van der Waals surface area contributed by atoms with Crippen molar-refractivity contribution in [2.24, 2.45) is 0 Å². The normalized spacial score (nSPS) is 16.0. The Balaban J connectivity index is 1.83. The van der Waals surface area contributed by atoms with Crippen LogP contribution < -0.4 is 0 Å². The van der Waals surface area contributed by atoms with E-state index in [0.717, 1.165) is 25.7 Å². The average molecular weight is 288 g/mol. The van der Waals surface area contributed by atoms with E-state index in [1.165, 1.54) is 38.6 Å². The molecule has 0 radical (unpaired) electrons. The van der Waals surface area contributed by atoms with Gasteiger partial charge in [-0.2, -0.15) is 0 Å². The summed E-state index contributed by atoms with van der Waals surface area (Å²) in [5.41, 5.74) is 7.06. The third-order valence-corrected chi connectivity index (χ3v) is 4.70. The van der Waals surface area contributed by atoms with Crippen LogP contribution in [0.5, 0.6) is 0 Å². The molecule has 0 atom stereocenters. The zero-order valence-electron chi connectivity index (χ0n) is 12.7. The molecule has 0 saturated carbocycles. The Hall–Kier alpha value is -2.12. The molecular weight excluding hydrogens is 268 g/mol. The Morgan fingerprint density at radius 3 is 2.91 bits per heavy atom. The molecule has 0 fully saturated rings. The molecule has 1 N–H and O–H groups in total. The number of rotatable bonds is 4. The maximum Gasteiger partial charge on any atom is 0.0433 e. The molecular formula is C21H20O. The molecule has 2 aliphatic rings. The summed E-state index contributed by atoms with van der Waals surface area (Å²) in [5.74, 6) is 0. The minimum absolute atomic E-state index is 0.265. The fourth-order valence-electron chi connectivity index (χ4n) is 3.63. The van der Waals surface area contributed by atoms with Crippen molar-refractivity contribution in [3.63, 3.8) is 0 Å². The second kappa shape index (κ2) is 5.58. The van der Waals surface area contributed by atoms with Crippen LogP contribution in [0.3, 0.4) is 0 Å². The molecule has 4 rings (SSSR count). The summed E-state index contributed by atoms with van der Waals surface area (Å²) in [6.45, 7) is 0.265. The molecule has 22 heavy (non-hydrogen) atoms. The van der Waals surface area contributed by atoms with Gasteiger partial charge in [0.15, 0.2) is 0 Å². The van der Waals surface area contributed by atoms with Gasteiger partial charge < -0.3 is 5.11 Å². The Morgan fingerprint density at radius 2 is 2.00 bits per heavy atom. The van der Waals surface area contributed by atoms with Crippen molar-refractivity contribution in [2.45, 2.75) is 25.7 Å². The van der Waals surface area contributed by atoms with Crippen LogP contribution in [0.2, 0.25) is 0 Å². The van der Waals surface area contributed by atoms with Crippen LogP contribution in [-0.2, 0) is 6.42 Å². The van der Waals surface area contributed by atoms with Crippen molar-refractivity contribution in [1.82, 2.24) is 0 Å². The van der Waals surface area contributed by atoms with Gasteiger partial charge in [-0.1, -0.05) is 54.6 Å². The van der Waals surface area contributed by atoms with Crippen molar-refractivity contribution in [2.75, 3.05) is 6.61 Å². The summed E-state index contributed by atoms with van der Waals surface area (Å²) in [7, 11) is 0. The molecule has 1 nitrogen and oxygen atoms in total. The van der Waals surface area contributed by atoms with E-state index >= 15 is 0 Å². The molecule has 110 valence electrons. The Morgan fingerprint density at radius 1 is 1.05 bits per heavy atom. The standard InChI is InChI=1S/C21H20O/c22-14-3-1-2-5-15-8-9-18-11-10-16-6-4-7-17-12-13-19(15)21(18)20(16)17/h2,4-8,11-13,22H,1,3,9-10,14H2/b5-2+. The molecule has 2 aliphatic carbocycles. The largest absolute Gasteiger partial charge is 0.396 e. The highest BCUT2D eigenvalue weighted by molar-refractivity contribution is 6.05. The first-order valence-electron chi connectivity index (χ1n) is 8.10. The number of unbranched alkanes of at least 4 members (excludes halogenated alkanes) is 1. The summed E-state index contributed by atoms with van der Waals surface area (Å²) in [5, 5.41) is 11.7. The molecule has 0 bridgehead atoms. The molecule has 0 aromatic heterocycles. The lowest BCUT2D eigenvalue weighted by molar-refractivity contribution is 0.289. The lowest BCUT2D eigenvalue weighted by Crippen LogP contribution is -2.05. The predicted octanol–water partition coefficient (Wildman–Crippen LogP) is 4.90. The molecule has 2 aromatic carbocycles. The number of aliphatic hydroxyl groups is 1. The van der Waals surface area contributed by atoms with E-state index in [2.05, 4.69) is 54.6 Å². The van der Waals surface area contributed by atoms with Gasteiger partial charge in [-0.3, -0.25) is 0 Å². The number of aliphatic hydroxyl groups excluding tert-OH is 1. The highest BCUT2D eigenvalue weighted by Crippen LogP contribution is 2.42. The van der Waals surface area contributed by atoms with E-state index in [-0.39, 0.29) is 6.61 Å². The van der Waals surface area contributed by atoms with Crippen molar-refractivity contribution in [3.8, 4) is 0 Å². The maximum absolute atomic E-state index is 8.90. The average Bonchev–Trinajstić information content (AvgIpc) is 2.57. The van der Waals surface area contributed by atoms with Gasteiger partial charge in [0.1, 0.15) is 0 Å². The van der Waals surface area contributed by atoms with Gasteiger partial charge >= 0.3 is 0 Å². The smallest absolute Gasteiger partial charge is 0.0433 e. The van der Waals surface area contributed by atoms with Crippen molar-refractivity contribution in [1.29, 1.82) is 0 Å². The van der Waals surface area contributed by atoms with Crippen LogP contribution >= 0.6 is 0 Å². The lowest BCUT2D eigenvalue weighted by atomic mass is 9.79. The van der Waals surface area contributed by atoms with Crippen molar-refractivity contribution >= 4 is 21.9 Å². The minimum Gasteiger partial charge on any atom is -0.396 e. The zero-order valence-corrected chi connectivity index (χ0v) is 12.7. The highest BCUT2D eigenvalue weighted by atomic mass is 16.2. The van der Waals surface area contributed by atoms with Gasteiger partial charge in [-0.05, 0) is 64.3 Å². The predicted molar refractivity (Wildman–Crippen MR) is 93.7 cm³/mol. The van der Waals surface area contributed by atoms with Gasteiger partial charge in [-0.25, -0.2) is 0 Å². The van der Waals surface area contributed by atoms with Crippen molar-refractivity contribution < 1.29 is 5.11 Å². The van der Waals surface area contributed by atoms with Gasteiger partial charge in [0, 0.05) is 6.61 Å². The van der Waals surface area contributed by atoms with Gasteiger partial charge in [0.05, 0.1) is 0 Å². The van der Waals surface area contributed by atoms with Gasteiger partial charge in [-0.15, -0.1) is 0 Å². The molecule has 0 spiro atoms. The summed E-state index contributed by atoms with van der Waals surface area (Å²) in [4.78, 5) is 0. The summed E-state index contributed by atoms with van der Waals surface area (Å²) >= 11 is 0. The first-order valence-corrected chi connectivity index (χ1v) is 8.10. The van der Waals surface area contributed by atoms with Crippen LogP contribution in [0.25, 0.3) is 21.9 Å². The summed E-state index contributed by atoms with van der Waals surface area (Å²) in [6.07, 6.45) is 13.0. The first-order chi connectivity index (χ1) is 10.9. The van der Waals surface area contributed by atoms with Crippen LogP contribution in [0, 0.1) is 0 Å². The monoisotopic (exact) mass is 288 g/mol. The summed E-state index contributed by atoms with van der Waals surface area (Å²) in [6, 6.07) is 11.2. The molecule has 0 amide bonds. The molecule has 0 saturated heterocycles. The van der Waals surface area contributed by atoms with Gasteiger partial charge in [0.25, 0.3) is 0 Å². The van der Waals surface area contributed by atoms with E-state index in [1.807, 2.05) is 0 Å². The zero-order chi connectivity index (χ0) is 14.9. The number of hydrogen-bond donors (Lipinski definition) is 1. The molecule has 0 aliphatic heterocycles. The third kappa shape index (κ3) is 2.13. The number of hydrogen-bond acceptors (Lipinski definition) is 1. The number of allylic oxidation sites excluding steroid dienone is 6. The quantitative estimate of drug-likeness (QED) is 0.794. The molecule has 0 unspecified atom stereocenters. The maximum atomic E-state index is 8.90. The fraction of sp³-hybridized carbons (Fsp3) is 0.238. The fourth-order valence-corrected chi connectivity index (χ4v) is 3.63.